The number of piperazine rings is 1. The van der Waals surface area contributed by atoms with Crippen molar-refractivity contribution in [1.82, 2.24) is 20.5 Å². The monoisotopic (exact) mass is 368 g/mol. The lowest BCUT2D eigenvalue weighted by Gasteiger charge is -2.35. The first-order chi connectivity index (χ1) is 13.3. The number of hydrogen-bond donors (Lipinski definition) is 1. The van der Waals surface area contributed by atoms with Gasteiger partial charge in [0.05, 0.1) is 0 Å². The molecule has 0 spiro atoms. The highest BCUT2D eigenvalue weighted by Gasteiger charge is 2.21. The average Bonchev–Trinajstić information content (AvgIpc) is 3.54. The van der Waals surface area contributed by atoms with E-state index in [1.54, 1.807) is 6.07 Å². The Balaban J connectivity index is 1.24. The van der Waals surface area contributed by atoms with Crippen molar-refractivity contribution in [3.05, 3.63) is 36.5 Å². The van der Waals surface area contributed by atoms with Crippen LogP contribution in [0, 0.1) is 5.92 Å². The molecule has 2 aromatic heterocycles. The minimum Gasteiger partial charge on any atom is -0.390 e. The minimum absolute atomic E-state index is 0.217. The molecule has 2 aliphatic rings. The largest absolute Gasteiger partial charge is 0.413 e. The summed E-state index contributed by atoms with van der Waals surface area (Å²) in [5, 5.41) is 11.0. The van der Waals surface area contributed by atoms with Gasteiger partial charge in [-0.25, -0.2) is 9.78 Å². The molecule has 1 aliphatic heterocycles. The van der Waals surface area contributed by atoms with Crippen LogP contribution in [0.5, 0.6) is 5.88 Å². The van der Waals surface area contributed by atoms with E-state index >= 15 is 0 Å². The first-order valence-corrected chi connectivity index (χ1v) is 9.48. The number of anilines is 2. The SMILES string of the molecule is O=C(NCCC1CC1)Oc1ccc(N2CCN(c3ccccn3)CC2)nn1. The molecule has 1 N–H and O–H groups in total. The molecular formula is C19H24N6O2. The van der Waals surface area contributed by atoms with E-state index in [1.165, 1.54) is 12.8 Å². The summed E-state index contributed by atoms with van der Waals surface area (Å²) in [7, 11) is 0. The van der Waals surface area contributed by atoms with E-state index in [2.05, 4.69) is 30.3 Å². The fourth-order valence-electron chi connectivity index (χ4n) is 3.16. The number of carbonyl (C=O) groups excluding carboxylic acids is 1. The molecule has 0 unspecified atom stereocenters. The van der Waals surface area contributed by atoms with Crippen LogP contribution in [-0.2, 0) is 0 Å². The van der Waals surface area contributed by atoms with Gasteiger partial charge in [0, 0.05) is 45.0 Å². The van der Waals surface area contributed by atoms with Crippen LogP contribution in [0.3, 0.4) is 0 Å². The summed E-state index contributed by atoms with van der Waals surface area (Å²) in [6.45, 7) is 4.08. The Kier molecular flexibility index (Phi) is 5.32. The first kappa shape index (κ1) is 17.5. The van der Waals surface area contributed by atoms with Gasteiger partial charge >= 0.3 is 6.09 Å². The molecule has 8 heteroatoms. The van der Waals surface area contributed by atoms with Crippen LogP contribution < -0.4 is 19.9 Å². The van der Waals surface area contributed by atoms with E-state index in [0.717, 1.165) is 50.2 Å². The normalized spacial score (nSPS) is 16.9. The molecule has 0 aromatic carbocycles. The van der Waals surface area contributed by atoms with Crippen molar-refractivity contribution in [3.8, 4) is 5.88 Å². The van der Waals surface area contributed by atoms with Crippen LogP contribution in [0.15, 0.2) is 36.5 Å². The summed E-state index contributed by atoms with van der Waals surface area (Å²) in [4.78, 5) is 20.6. The van der Waals surface area contributed by atoms with Crippen molar-refractivity contribution in [1.29, 1.82) is 0 Å². The molecule has 142 valence electrons. The van der Waals surface area contributed by atoms with Crippen LogP contribution in [0.25, 0.3) is 0 Å². The summed E-state index contributed by atoms with van der Waals surface area (Å²) >= 11 is 0. The Morgan fingerprint density at radius 3 is 2.44 bits per heavy atom. The molecular weight excluding hydrogens is 344 g/mol. The zero-order chi connectivity index (χ0) is 18.5. The van der Waals surface area contributed by atoms with Crippen LogP contribution in [0.1, 0.15) is 19.3 Å². The average molecular weight is 368 g/mol. The van der Waals surface area contributed by atoms with E-state index in [0.29, 0.717) is 6.54 Å². The van der Waals surface area contributed by atoms with Crippen LogP contribution in [0.4, 0.5) is 16.4 Å². The number of pyridine rings is 1. The van der Waals surface area contributed by atoms with Crippen molar-refractivity contribution >= 4 is 17.7 Å². The highest BCUT2D eigenvalue weighted by atomic mass is 16.6. The molecule has 1 amide bonds. The third-order valence-electron chi connectivity index (χ3n) is 4.92. The molecule has 1 aliphatic carbocycles. The van der Waals surface area contributed by atoms with Gasteiger partial charge in [0.25, 0.3) is 0 Å². The fourth-order valence-corrected chi connectivity index (χ4v) is 3.16. The van der Waals surface area contributed by atoms with Gasteiger partial charge in [-0.15, -0.1) is 10.2 Å². The summed E-state index contributed by atoms with van der Waals surface area (Å²) in [6.07, 6.45) is 4.92. The van der Waals surface area contributed by atoms with E-state index in [-0.39, 0.29) is 5.88 Å². The predicted molar refractivity (Wildman–Crippen MR) is 102 cm³/mol. The highest BCUT2D eigenvalue weighted by Crippen LogP contribution is 2.31. The lowest BCUT2D eigenvalue weighted by Crippen LogP contribution is -2.47. The lowest BCUT2D eigenvalue weighted by molar-refractivity contribution is 0.198. The van der Waals surface area contributed by atoms with E-state index in [9.17, 15) is 4.79 Å². The summed E-state index contributed by atoms with van der Waals surface area (Å²) in [5.74, 6) is 2.79. The molecule has 2 aromatic rings. The number of nitrogens with zero attached hydrogens (tertiary/aromatic N) is 5. The van der Waals surface area contributed by atoms with Crippen molar-refractivity contribution in [3.63, 3.8) is 0 Å². The maximum absolute atomic E-state index is 11.7. The Morgan fingerprint density at radius 2 is 1.81 bits per heavy atom. The fraction of sp³-hybridized carbons (Fsp3) is 0.474. The Labute approximate surface area is 158 Å². The van der Waals surface area contributed by atoms with Crippen molar-refractivity contribution in [2.24, 2.45) is 5.92 Å². The second-order valence-corrected chi connectivity index (χ2v) is 6.94. The molecule has 4 rings (SSSR count). The highest BCUT2D eigenvalue weighted by molar-refractivity contribution is 5.69. The van der Waals surface area contributed by atoms with Gasteiger partial charge in [-0.3, -0.25) is 0 Å². The molecule has 1 saturated heterocycles. The Morgan fingerprint density at radius 1 is 1.04 bits per heavy atom. The maximum atomic E-state index is 11.7. The molecule has 8 nitrogen and oxygen atoms in total. The number of ether oxygens (including phenoxy) is 1. The third kappa shape index (κ3) is 4.84. The summed E-state index contributed by atoms with van der Waals surface area (Å²) in [6, 6.07) is 9.48. The van der Waals surface area contributed by atoms with E-state index in [1.807, 2.05) is 30.5 Å². The van der Waals surface area contributed by atoms with Gasteiger partial charge in [0.2, 0.25) is 5.88 Å². The standard InChI is InChI=1S/C19H24N6O2/c26-19(21-10-8-15-4-5-15)27-18-7-6-17(22-23-18)25-13-11-24(12-14-25)16-3-1-2-9-20-16/h1-3,6-7,9,15H,4-5,8,10-14H2,(H,21,26). The zero-order valence-corrected chi connectivity index (χ0v) is 15.3. The van der Waals surface area contributed by atoms with Crippen molar-refractivity contribution in [2.45, 2.75) is 19.3 Å². The second kappa shape index (κ2) is 8.20. The van der Waals surface area contributed by atoms with Gasteiger partial charge in [0.15, 0.2) is 5.82 Å². The smallest absolute Gasteiger partial charge is 0.390 e. The maximum Gasteiger partial charge on any atom is 0.413 e. The minimum atomic E-state index is -0.471. The van der Waals surface area contributed by atoms with Gasteiger partial charge in [-0.2, -0.15) is 0 Å². The van der Waals surface area contributed by atoms with Crippen molar-refractivity contribution < 1.29 is 9.53 Å². The second-order valence-electron chi connectivity index (χ2n) is 6.94. The van der Waals surface area contributed by atoms with Gasteiger partial charge < -0.3 is 19.9 Å². The molecule has 3 heterocycles. The number of nitrogens with one attached hydrogen (secondary N) is 1. The van der Waals surface area contributed by atoms with Crippen LogP contribution in [-0.4, -0.2) is 54.0 Å². The quantitative estimate of drug-likeness (QED) is 0.836. The van der Waals surface area contributed by atoms with Crippen LogP contribution in [0.2, 0.25) is 0 Å². The number of aromatic nitrogens is 3. The predicted octanol–water partition coefficient (Wildman–Crippen LogP) is 2.09. The molecule has 2 fully saturated rings. The van der Waals surface area contributed by atoms with E-state index in [4.69, 9.17) is 4.74 Å². The van der Waals surface area contributed by atoms with Crippen molar-refractivity contribution in [2.75, 3.05) is 42.5 Å². The topological polar surface area (TPSA) is 83.5 Å². The Bertz CT molecular complexity index is 743. The number of hydrogen-bond acceptors (Lipinski definition) is 7. The van der Waals surface area contributed by atoms with Gasteiger partial charge in [0.1, 0.15) is 5.82 Å². The molecule has 0 radical (unpaired) electrons. The van der Waals surface area contributed by atoms with E-state index < -0.39 is 6.09 Å². The first-order valence-electron chi connectivity index (χ1n) is 9.48. The summed E-state index contributed by atoms with van der Waals surface area (Å²) < 4.78 is 5.18. The number of carbonyl (C=O) groups is 1. The van der Waals surface area contributed by atoms with Gasteiger partial charge in [-0.1, -0.05) is 18.9 Å². The number of amides is 1. The third-order valence-corrected chi connectivity index (χ3v) is 4.92. The van der Waals surface area contributed by atoms with Crippen LogP contribution >= 0.6 is 0 Å². The molecule has 27 heavy (non-hydrogen) atoms. The van der Waals surface area contributed by atoms with Gasteiger partial charge in [-0.05, 0) is 30.5 Å². The molecule has 0 atom stereocenters. The Hall–Kier alpha value is -2.90. The zero-order valence-electron chi connectivity index (χ0n) is 15.3. The lowest BCUT2D eigenvalue weighted by atomic mass is 10.3. The molecule has 1 saturated carbocycles. The molecule has 0 bridgehead atoms. The summed E-state index contributed by atoms with van der Waals surface area (Å²) in [5.41, 5.74) is 0. The number of rotatable bonds is 6.